The highest BCUT2D eigenvalue weighted by molar-refractivity contribution is 5.99. The Balaban J connectivity index is 1.88. The van der Waals surface area contributed by atoms with Gasteiger partial charge < -0.3 is 21.1 Å². The van der Waals surface area contributed by atoms with E-state index in [0.717, 1.165) is 31.6 Å². The number of hydrogen-bond donors (Lipinski definition) is 2. The molecule has 2 fully saturated rings. The van der Waals surface area contributed by atoms with Crippen molar-refractivity contribution in [3.63, 3.8) is 0 Å². The second-order valence-electron chi connectivity index (χ2n) is 5.00. The Morgan fingerprint density at radius 1 is 1.28 bits per heavy atom. The van der Waals surface area contributed by atoms with Gasteiger partial charge in [0.2, 0.25) is 0 Å². The number of nitrogens with two attached hydrogens (primary N) is 2. The highest BCUT2D eigenvalue weighted by Gasteiger charge is 2.33. The number of nitrogen functional groups attached to an aromatic ring is 1. The zero-order valence-corrected chi connectivity index (χ0v) is 10.1. The fraction of sp³-hybridized carbons (Fsp3) is 0.462. The van der Waals surface area contributed by atoms with Gasteiger partial charge in [-0.15, -0.1) is 0 Å². The van der Waals surface area contributed by atoms with Crippen LogP contribution in [0.25, 0.3) is 0 Å². The first-order valence-corrected chi connectivity index (χ1v) is 6.23. The van der Waals surface area contributed by atoms with Crippen molar-refractivity contribution < 1.29 is 9.53 Å². The number of primary amides is 1. The Morgan fingerprint density at radius 3 is 2.56 bits per heavy atom. The number of anilines is 2. The van der Waals surface area contributed by atoms with Gasteiger partial charge in [-0.3, -0.25) is 4.79 Å². The summed E-state index contributed by atoms with van der Waals surface area (Å²) in [4.78, 5) is 13.5. The summed E-state index contributed by atoms with van der Waals surface area (Å²) < 4.78 is 5.79. The van der Waals surface area contributed by atoms with Crippen molar-refractivity contribution in [3.8, 4) is 0 Å². The average molecular weight is 247 g/mol. The smallest absolute Gasteiger partial charge is 0.250 e. The van der Waals surface area contributed by atoms with Gasteiger partial charge in [-0.2, -0.15) is 0 Å². The van der Waals surface area contributed by atoms with E-state index in [1.54, 1.807) is 12.1 Å². The molecule has 2 aliphatic rings. The van der Waals surface area contributed by atoms with Crippen molar-refractivity contribution >= 4 is 17.3 Å². The minimum atomic E-state index is -0.481. The third-order valence-electron chi connectivity index (χ3n) is 3.71. The van der Waals surface area contributed by atoms with Crippen molar-refractivity contribution in [3.05, 3.63) is 23.8 Å². The van der Waals surface area contributed by atoms with E-state index in [2.05, 4.69) is 4.90 Å². The summed E-state index contributed by atoms with van der Waals surface area (Å²) in [5.41, 5.74) is 12.9. The minimum absolute atomic E-state index is 0.318. The Kier molecular flexibility index (Phi) is 2.63. The van der Waals surface area contributed by atoms with E-state index in [0.29, 0.717) is 23.5 Å². The number of fused-ring (bicyclic) bond motifs is 2. The van der Waals surface area contributed by atoms with E-state index < -0.39 is 5.91 Å². The van der Waals surface area contributed by atoms with Crippen LogP contribution in [0.2, 0.25) is 0 Å². The molecule has 1 aromatic carbocycles. The topological polar surface area (TPSA) is 81.6 Å². The van der Waals surface area contributed by atoms with Crippen molar-refractivity contribution in [1.29, 1.82) is 0 Å². The molecule has 0 spiro atoms. The molecular formula is C13H17N3O2. The fourth-order valence-electron chi connectivity index (χ4n) is 2.78. The molecule has 2 bridgehead atoms. The van der Waals surface area contributed by atoms with Crippen molar-refractivity contribution in [2.45, 2.75) is 25.0 Å². The Morgan fingerprint density at radius 2 is 1.94 bits per heavy atom. The average Bonchev–Trinajstić information content (AvgIpc) is 2.68. The van der Waals surface area contributed by atoms with Crippen LogP contribution in [0.3, 0.4) is 0 Å². The van der Waals surface area contributed by atoms with Gasteiger partial charge in [-0.05, 0) is 31.0 Å². The fourth-order valence-corrected chi connectivity index (χ4v) is 2.78. The second kappa shape index (κ2) is 4.17. The maximum Gasteiger partial charge on any atom is 0.250 e. The number of nitrogens with zero attached hydrogens (tertiary/aromatic N) is 1. The third kappa shape index (κ3) is 1.90. The number of carbonyl (C=O) groups excluding carboxylic acids is 1. The molecule has 5 heteroatoms. The van der Waals surface area contributed by atoms with Crippen molar-refractivity contribution in [2.24, 2.45) is 5.73 Å². The third-order valence-corrected chi connectivity index (χ3v) is 3.71. The maximum atomic E-state index is 11.3. The molecule has 0 aromatic heterocycles. The molecule has 0 saturated carbocycles. The molecule has 3 rings (SSSR count). The summed E-state index contributed by atoms with van der Waals surface area (Å²) in [6, 6.07) is 5.46. The SMILES string of the molecule is NC(=O)c1cc(N2CC3CCC(C2)O3)ccc1N. The molecular weight excluding hydrogens is 230 g/mol. The van der Waals surface area contributed by atoms with Gasteiger partial charge >= 0.3 is 0 Å². The number of morpholine rings is 1. The molecule has 96 valence electrons. The molecule has 2 aliphatic heterocycles. The second-order valence-corrected chi connectivity index (χ2v) is 5.00. The van der Waals surface area contributed by atoms with Gasteiger partial charge in [-0.25, -0.2) is 0 Å². The van der Waals surface area contributed by atoms with Gasteiger partial charge in [0.05, 0.1) is 17.8 Å². The normalized spacial score (nSPS) is 26.3. The van der Waals surface area contributed by atoms with Crippen LogP contribution in [0.1, 0.15) is 23.2 Å². The number of amides is 1. The standard InChI is InChI=1S/C13H17N3O2/c14-12-4-1-8(5-11(12)13(15)17)16-6-9-2-3-10(7-16)18-9/h1,4-5,9-10H,2-3,6-7,14H2,(H2,15,17). The summed E-state index contributed by atoms with van der Waals surface area (Å²) in [5, 5.41) is 0. The number of hydrogen-bond acceptors (Lipinski definition) is 4. The molecule has 1 aromatic rings. The molecule has 0 radical (unpaired) electrons. The Labute approximate surface area is 106 Å². The van der Waals surface area contributed by atoms with Crippen molar-refractivity contribution in [2.75, 3.05) is 23.7 Å². The predicted molar refractivity (Wildman–Crippen MR) is 69.5 cm³/mol. The molecule has 2 saturated heterocycles. The lowest BCUT2D eigenvalue weighted by molar-refractivity contribution is 0.0305. The Bertz CT molecular complexity index is 477. The molecule has 5 nitrogen and oxygen atoms in total. The minimum Gasteiger partial charge on any atom is -0.398 e. The van der Waals surface area contributed by atoms with Crippen LogP contribution in [-0.2, 0) is 4.74 Å². The van der Waals surface area contributed by atoms with Gasteiger partial charge in [0.15, 0.2) is 0 Å². The predicted octanol–water partition coefficient (Wildman–Crippen LogP) is 0.735. The maximum absolute atomic E-state index is 11.3. The van der Waals surface area contributed by atoms with Gasteiger partial charge in [0, 0.05) is 24.5 Å². The Hall–Kier alpha value is -1.75. The van der Waals surface area contributed by atoms with E-state index in [1.807, 2.05) is 6.07 Å². The first kappa shape index (κ1) is 11.3. The van der Waals surface area contributed by atoms with Crippen LogP contribution in [0.4, 0.5) is 11.4 Å². The molecule has 2 atom stereocenters. The van der Waals surface area contributed by atoms with Crippen LogP contribution >= 0.6 is 0 Å². The van der Waals surface area contributed by atoms with Gasteiger partial charge in [0.25, 0.3) is 5.91 Å². The summed E-state index contributed by atoms with van der Waals surface area (Å²) in [5.74, 6) is -0.481. The summed E-state index contributed by atoms with van der Waals surface area (Å²) >= 11 is 0. The summed E-state index contributed by atoms with van der Waals surface area (Å²) in [6.45, 7) is 1.75. The van der Waals surface area contributed by atoms with Crippen LogP contribution in [-0.4, -0.2) is 31.2 Å². The van der Waals surface area contributed by atoms with Crippen molar-refractivity contribution in [1.82, 2.24) is 0 Å². The number of ether oxygens (including phenoxy) is 1. The number of benzene rings is 1. The summed E-state index contributed by atoms with van der Waals surface area (Å²) in [7, 11) is 0. The monoisotopic (exact) mass is 247 g/mol. The van der Waals surface area contributed by atoms with E-state index in [4.69, 9.17) is 16.2 Å². The number of carbonyl (C=O) groups is 1. The lowest BCUT2D eigenvalue weighted by Crippen LogP contribution is -2.42. The highest BCUT2D eigenvalue weighted by atomic mass is 16.5. The zero-order valence-electron chi connectivity index (χ0n) is 10.1. The molecule has 2 heterocycles. The molecule has 0 aliphatic carbocycles. The molecule has 18 heavy (non-hydrogen) atoms. The number of rotatable bonds is 2. The summed E-state index contributed by atoms with van der Waals surface area (Å²) in [6.07, 6.45) is 2.88. The van der Waals surface area contributed by atoms with Crippen LogP contribution < -0.4 is 16.4 Å². The molecule has 2 unspecified atom stereocenters. The lowest BCUT2D eigenvalue weighted by Gasteiger charge is -2.34. The van der Waals surface area contributed by atoms with E-state index >= 15 is 0 Å². The van der Waals surface area contributed by atoms with E-state index in [-0.39, 0.29) is 0 Å². The van der Waals surface area contributed by atoms with Crippen LogP contribution in [0.5, 0.6) is 0 Å². The highest BCUT2D eigenvalue weighted by Crippen LogP contribution is 2.30. The van der Waals surface area contributed by atoms with E-state index in [9.17, 15) is 4.79 Å². The van der Waals surface area contributed by atoms with Crippen LogP contribution in [0.15, 0.2) is 18.2 Å². The first-order valence-electron chi connectivity index (χ1n) is 6.23. The lowest BCUT2D eigenvalue weighted by atomic mass is 10.1. The largest absolute Gasteiger partial charge is 0.398 e. The van der Waals surface area contributed by atoms with Gasteiger partial charge in [0.1, 0.15) is 0 Å². The first-order chi connectivity index (χ1) is 8.63. The molecule has 4 N–H and O–H groups in total. The van der Waals surface area contributed by atoms with Crippen LogP contribution in [0, 0.1) is 0 Å². The van der Waals surface area contributed by atoms with E-state index in [1.165, 1.54) is 0 Å². The van der Waals surface area contributed by atoms with Gasteiger partial charge in [-0.1, -0.05) is 0 Å². The zero-order chi connectivity index (χ0) is 12.7. The quantitative estimate of drug-likeness (QED) is 0.755. The molecule has 1 amide bonds.